The summed E-state index contributed by atoms with van der Waals surface area (Å²) >= 11 is 5.93. The molecule has 0 unspecified atom stereocenters. The first kappa shape index (κ1) is 11.8. The zero-order valence-electron chi connectivity index (χ0n) is 10.1. The van der Waals surface area contributed by atoms with Gasteiger partial charge in [-0.25, -0.2) is 0 Å². The Morgan fingerprint density at radius 1 is 0.889 bits per heavy atom. The zero-order chi connectivity index (χ0) is 12.4. The Balaban J connectivity index is 1.90. The molecule has 1 saturated heterocycles. The maximum absolute atomic E-state index is 5.93. The van der Waals surface area contributed by atoms with E-state index in [1.54, 1.807) is 0 Å². The fourth-order valence-corrected chi connectivity index (χ4v) is 2.74. The summed E-state index contributed by atoms with van der Waals surface area (Å²) in [5, 5.41) is 0.771. The van der Waals surface area contributed by atoms with Crippen molar-refractivity contribution in [2.75, 3.05) is 6.61 Å². The maximum atomic E-state index is 5.93. The van der Waals surface area contributed by atoms with Gasteiger partial charge in [0.05, 0.1) is 6.10 Å². The van der Waals surface area contributed by atoms with Crippen LogP contribution in [0.15, 0.2) is 54.6 Å². The molecule has 1 heterocycles. The molecular weight excluding hydrogens is 244 g/mol. The van der Waals surface area contributed by atoms with E-state index in [1.165, 1.54) is 11.1 Å². The Kier molecular flexibility index (Phi) is 3.35. The lowest BCUT2D eigenvalue weighted by molar-refractivity contribution is 0.104. The van der Waals surface area contributed by atoms with E-state index in [1.807, 2.05) is 12.1 Å². The summed E-state index contributed by atoms with van der Waals surface area (Å²) in [6.45, 7) is 0.826. The second-order valence-corrected chi connectivity index (χ2v) is 5.09. The molecule has 0 bridgehead atoms. The van der Waals surface area contributed by atoms with E-state index in [2.05, 4.69) is 42.5 Å². The second-order valence-electron chi connectivity index (χ2n) is 4.65. The third kappa shape index (κ3) is 2.29. The molecule has 0 spiro atoms. The number of halogens is 1. The highest BCUT2D eigenvalue weighted by molar-refractivity contribution is 6.30. The Morgan fingerprint density at radius 3 is 2.33 bits per heavy atom. The monoisotopic (exact) mass is 258 g/mol. The fraction of sp³-hybridized carbons (Fsp3) is 0.250. The minimum atomic E-state index is 0.157. The summed E-state index contributed by atoms with van der Waals surface area (Å²) in [5.41, 5.74) is 2.57. The van der Waals surface area contributed by atoms with E-state index < -0.39 is 0 Å². The van der Waals surface area contributed by atoms with E-state index in [4.69, 9.17) is 16.3 Å². The molecule has 1 aliphatic heterocycles. The average molecular weight is 259 g/mol. The molecule has 2 atom stereocenters. The van der Waals surface area contributed by atoms with Crippen LogP contribution in [0.25, 0.3) is 0 Å². The van der Waals surface area contributed by atoms with Gasteiger partial charge in [-0.15, -0.1) is 0 Å². The second kappa shape index (κ2) is 5.13. The van der Waals surface area contributed by atoms with Gasteiger partial charge in [-0.3, -0.25) is 0 Å². The van der Waals surface area contributed by atoms with Crippen LogP contribution in [0.4, 0.5) is 0 Å². The maximum Gasteiger partial charge on any atom is 0.0894 e. The predicted molar refractivity (Wildman–Crippen MR) is 73.9 cm³/mol. The van der Waals surface area contributed by atoms with Crippen LogP contribution in [-0.4, -0.2) is 6.61 Å². The minimum absolute atomic E-state index is 0.157. The Morgan fingerprint density at radius 2 is 1.61 bits per heavy atom. The largest absolute Gasteiger partial charge is 0.373 e. The van der Waals surface area contributed by atoms with Crippen LogP contribution in [-0.2, 0) is 4.74 Å². The first-order chi connectivity index (χ1) is 8.84. The van der Waals surface area contributed by atoms with Crippen LogP contribution in [0.2, 0.25) is 5.02 Å². The molecular formula is C16H15ClO. The zero-order valence-corrected chi connectivity index (χ0v) is 10.8. The van der Waals surface area contributed by atoms with Crippen LogP contribution < -0.4 is 0 Å². The molecule has 0 saturated carbocycles. The van der Waals surface area contributed by atoms with Gasteiger partial charge in [0.2, 0.25) is 0 Å². The number of benzene rings is 2. The normalized spacial score (nSPS) is 23.2. The lowest BCUT2D eigenvalue weighted by atomic mass is 9.89. The summed E-state index contributed by atoms with van der Waals surface area (Å²) in [4.78, 5) is 0. The van der Waals surface area contributed by atoms with Crippen LogP contribution in [0.5, 0.6) is 0 Å². The Bertz CT molecular complexity index is 506. The first-order valence-corrected chi connectivity index (χ1v) is 6.64. The highest BCUT2D eigenvalue weighted by Crippen LogP contribution is 2.41. The molecule has 0 N–H and O–H groups in total. The third-order valence-corrected chi connectivity index (χ3v) is 3.77. The lowest BCUT2D eigenvalue weighted by Crippen LogP contribution is -2.05. The van der Waals surface area contributed by atoms with Crippen LogP contribution in [0.3, 0.4) is 0 Å². The number of hydrogen-bond donors (Lipinski definition) is 0. The standard InChI is InChI=1S/C16H15ClO/c17-14-8-6-13(7-9-14)16-15(10-11-18-16)12-4-2-1-3-5-12/h1-9,15-16H,10-11H2/t15-,16+/m0/s1. The van der Waals surface area contributed by atoms with Crippen molar-refractivity contribution in [3.8, 4) is 0 Å². The molecule has 2 heteroatoms. The van der Waals surface area contributed by atoms with Crippen molar-refractivity contribution in [3.05, 3.63) is 70.7 Å². The molecule has 1 aliphatic rings. The Hall–Kier alpha value is -1.31. The average Bonchev–Trinajstić information content (AvgIpc) is 2.90. The van der Waals surface area contributed by atoms with Gasteiger partial charge in [0, 0.05) is 17.5 Å². The topological polar surface area (TPSA) is 9.23 Å². The molecule has 2 aromatic carbocycles. The molecule has 0 aromatic heterocycles. The molecule has 2 aromatic rings. The van der Waals surface area contributed by atoms with Gasteiger partial charge in [-0.05, 0) is 29.7 Å². The van der Waals surface area contributed by atoms with E-state index in [9.17, 15) is 0 Å². The third-order valence-electron chi connectivity index (χ3n) is 3.52. The van der Waals surface area contributed by atoms with Crippen LogP contribution in [0, 0.1) is 0 Å². The van der Waals surface area contributed by atoms with Crippen LogP contribution in [0.1, 0.15) is 29.6 Å². The molecule has 0 amide bonds. The van der Waals surface area contributed by atoms with E-state index in [0.717, 1.165) is 18.1 Å². The van der Waals surface area contributed by atoms with Crippen molar-refractivity contribution >= 4 is 11.6 Å². The van der Waals surface area contributed by atoms with Crippen molar-refractivity contribution in [2.45, 2.75) is 18.4 Å². The summed E-state index contributed by atoms with van der Waals surface area (Å²) in [6, 6.07) is 18.6. The Labute approximate surface area is 112 Å². The van der Waals surface area contributed by atoms with Crippen molar-refractivity contribution in [3.63, 3.8) is 0 Å². The first-order valence-electron chi connectivity index (χ1n) is 6.26. The minimum Gasteiger partial charge on any atom is -0.373 e. The van der Waals surface area contributed by atoms with E-state index in [-0.39, 0.29) is 6.10 Å². The SMILES string of the molecule is Clc1ccc([C@H]2OCC[C@H]2c2ccccc2)cc1. The van der Waals surface area contributed by atoms with Gasteiger partial charge < -0.3 is 4.74 Å². The van der Waals surface area contributed by atoms with Crippen molar-refractivity contribution in [1.29, 1.82) is 0 Å². The van der Waals surface area contributed by atoms with Gasteiger partial charge in [0.15, 0.2) is 0 Å². The van der Waals surface area contributed by atoms with E-state index >= 15 is 0 Å². The highest BCUT2D eigenvalue weighted by atomic mass is 35.5. The number of ether oxygens (including phenoxy) is 1. The van der Waals surface area contributed by atoms with Crippen molar-refractivity contribution < 1.29 is 4.74 Å². The van der Waals surface area contributed by atoms with Gasteiger partial charge in [0.1, 0.15) is 0 Å². The lowest BCUT2D eigenvalue weighted by Gasteiger charge is -2.19. The number of hydrogen-bond acceptors (Lipinski definition) is 1. The summed E-state index contributed by atoms with van der Waals surface area (Å²) in [5.74, 6) is 0.451. The molecule has 18 heavy (non-hydrogen) atoms. The number of rotatable bonds is 2. The highest BCUT2D eigenvalue weighted by Gasteiger charge is 2.30. The summed E-state index contributed by atoms with van der Waals surface area (Å²) in [7, 11) is 0. The van der Waals surface area contributed by atoms with Gasteiger partial charge in [-0.2, -0.15) is 0 Å². The van der Waals surface area contributed by atoms with Crippen molar-refractivity contribution in [1.82, 2.24) is 0 Å². The van der Waals surface area contributed by atoms with Crippen molar-refractivity contribution in [2.24, 2.45) is 0 Å². The smallest absolute Gasteiger partial charge is 0.0894 e. The quantitative estimate of drug-likeness (QED) is 0.766. The molecule has 3 rings (SSSR count). The molecule has 0 aliphatic carbocycles. The van der Waals surface area contributed by atoms with Gasteiger partial charge in [0.25, 0.3) is 0 Å². The van der Waals surface area contributed by atoms with Gasteiger partial charge in [-0.1, -0.05) is 54.1 Å². The molecule has 1 nitrogen and oxygen atoms in total. The molecule has 0 radical (unpaired) electrons. The van der Waals surface area contributed by atoms with E-state index in [0.29, 0.717) is 5.92 Å². The van der Waals surface area contributed by atoms with Crippen LogP contribution >= 0.6 is 11.6 Å². The molecule has 92 valence electrons. The summed E-state index contributed by atoms with van der Waals surface area (Å²) in [6.07, 6.45) is 1.24. The van der Waals surface area contributed by atoms with Gasteiger partial charge >= 0.3 is 0 Å². The fourth-order valence-electron chi connectivity index (χ4n) is 2.61. The summed E-state index contributed by atoms with van der Waals surface area (Å²) < 4.78 is 5.90. The predicted octanol–water partition coefficient (Wildman–Crippen LogP) is 4.59. The molecule has 1 fully saturated rings.